The predicted molar refractivity (Wildman–Crippen MR) is 108 cm³/mol. The summed E-state index contributed by atoms with van der Waals surface area (Å²) in [5.41, 5.74) is 14.6. The highest BCUT2D eigenvalue weighted by atomic mass is 16.3. The molecule has 1 aromatic heterocycles. The minimum Gasteiger partial charge on any atom is -0.450 e. The molecule has 0 aliphatic carbocycles. The number of anilines is 2. The fourth-order valence-electron chi connectivity index (χ4n) is 2.73. The first-order chi connectivity index (χ1) is 12.7. The highest BCUT2D eigenvalue weighted by Gasteiger charge is 2.28. The van der Waals surface area contributed by atoms with Crippen LogP contribution in [0.15, 0.2) is 52.9 Å². The Morgan fingerprint density at radius 1 is 1.15 bits per heavy atom. The molecule has 27 heavy (non-hydrogen) atoms. The van der Waals surface area contributed by atoms with Crippen LogP contribution in [0.3, 0.4) is 0 Å². The molecule has 6 nitrogen and oxygen atoms in total. The number of hydrogen-bond acceptors (Lipinski definition) is 4. The molecule has 140 valence electrons. The zero-order valence-corrected chi connectivity index (χ0v) is 15.7. The third-order valence-electron chi connectivity index (χ3n) is 4.52. The number of nitrogen functional groups attached to an aromatic ring is 1. The van der Waals surface area contributed by atoms with Crippen LogP contribution >= 0.6 is 0 Å². The molecule has 0 saturated heterocycles. The number of benzene rings is 2. The topological polar surface area (TPSA) is 120 Å². The lowest BCUT2D eigenvalue weighted by atomic mass is 9.87. The van der Waals surface area contributed by atoms with Gasteiger partial charge in [0.2, 0.25) is 11.6 Å². The fraction of sp³-hybridized carbons (Fsp3) is 0.238. The molecule has 0 aliphatic rings. The van der Waals surface area contributed by atoms with Crippen molar-refractivity contribution >= 4 is 34.0 Å². The molecule has 7 N–H and O–H groups in total. The molecule has 0 radical (unpaired) electrons. The Hall–Kier alpha value is -3.12. The van der Waals surface area contributed by atoms with Crippen molar-refractivity contribution < 1.29 is 14.6 Å². The zero-order chi connectivity index (χ0) is 19.8. The summed E-state index contributed by atoms with van der Waals surface area (Å²) in [5, 5.41) is 10.1. The van der Waals surface area contributed by atoms with E-state index in [0.29, 0.717) is 28.4 Å². The second-order valence-electron chi connectivity index (χ2n) is 7.70. The summed E-state index contributed by atoms with van der Waals surface area (Å²) in [7, 11) is 0. The van der Waals surface area contributed by atoms with Gasteiger partial charge < -0.3 is 21.2 Å². The Morgan fingerprint density at radius 3 is 2.52 bits per heavy atom. The van der Waals surface area contributed by atoms with E-state index in [9.17, 15) is 4.79 Å². The maximum absolute atomic E-state index is 12.4. The number of rotatable bonds is 4. The van der Waals surface area contributed by atoms with Gasteiger partial charge in [-0.2, -0.15) is 0 Å². The molecule has 6 heteroatoms. The second-order valence-corrected chi connectivity index (χ2v) is 7.70. The van der Waals surface area contributed by atoms with Crippen molar-refractivity contribution in [2.45, 2.75) is 26.8 Å². The maximum atomic E-state index is 12.4. The normalized spacial score (nSPS) is 12.7. The van der Waals surface area contributed by atoms with Crippen LogP contribution in [0.4, 0.5) is 11.4 Å². The molecule has 3 aromatic rings. The molecule has 1 amide bonds. The van der Waals surface area contributed by atoms with Crippen molar-refractivity contribution in [2.75, 3.05) is 11.1 Å². The highest BCUT2D eigenvalue weighted by Crippen LogP contribution is 2.25. The summed E-state index contributed by atoms with van der Waals surface area (Å²) in [6.45, 7) is 5.75. The van der Waals surface area contributed by atoms with E-state index in [2.05, 4.69) is 5.32 Å². The lowest BCUT2D eigenvalue weighted by Crippen LogP contribution is -2.45. The number of nitrogens with two attached hydrogens (primary N) is 3. The summed E-state index contributed by atoms with van der Waals surface area (Å²) in [5.74, 6) is 0.262. The van der Waals surface area contributed by atoms with Crippen molar-refractivity contribution in [3.8, 4) is 0 Å². The van der Waals surface area contributed by atoms with Gasteiger partial charge >= 0.3 is 0 Å². The molecule has 0 saturated carbocycles. The Morgan fingerprint density at radius 2 is 1.85 bits per heavy atom. The van der Waals surface area contributed by atoms with Crippen LogP contribution in [0, 0.1) is 5.41 Å². The SMILES string of the molecule is CC(C)(C)[C@@H](N)C(=O)Nc1ccc(N)c(C(=[NH2+])c2cc3ccccc3o2)c1. The van der Waals surface area contributed by atoms with E-state index >= 15 is 0 Å². The summed E-state index contributed by atoms with van der Waals surface area (Å²) < 4.78 is 5.82. The summed E-state index contributed by atoms with van der Waals surface area (Å²) >= 11 is 0. The van der Waals surface area contributed by atoms with Crippen molar-refractivity contribution in [1.29, 1.82) is 0 Å². The van der Waals surface area contributed by atoms with Gasteiger partial charge in [0.15, 0.2) is 5.76 Å². The monoisotopic (exact) mass is 365 g/mol. The van der Waals surface area contributed by atoms with Gasteiger partial charge in [-0.25, -0.2) is 0 Å². The lowest BCUT2D eigenvalue weighted by Gasteiger charge is -2.25. The summed E-state index contributed by atoms with van der Waals surface area (Å²) in [4.78, 5) is 12.4. The molecule has 2 aromatic carbocycles. The van der Waals surface area contributed by atoms with Crippen molar-refractivity contribution in [1.82, 2.24) is 0 Å². The van der Waals surface area contributed by atoms with Gasteiger partial charge in [0.1, 0.15) is 5.58 Å². The van der Waals surface area contributed by atoms with E-state index in [1.165, 1.54) is 0 Å². The Balaban J connectivity index is 1.89. The van der Waals surface area contributed by atoms with Crippen molar-refractivity contribution in [3.05, 3.63) is 59.9 Å². The summed E-state index contributed by atoms with van der Waals surface area (Å²) in [6.07, 6.45) is 0. The van der Waals surface area contributed by atoms with E-state index in [-0.39, 0.29) is 11.3 Å². The van der Waals surface area contributed by atoms with Crippen LogP contribution < -0.4 is 22.2 Å². The fourth-order valence-corrected chi connectivity index (χ4v) is 2.73. The van der Waals surface area contributed by atoms with Gasteiger partial charge in [-0.05, 0) is 35.7 Å². The van der Waals surface area contributed by atoms with Gasteiger partial charge in [0, 0.05) is 16.8 Å². The quantitative estimate of drug-likeness (QED) is 0.417. The average Bonchev–Trinajstić information content (AvgIpc) is 3.05. The molecule has 0 aliphatic heterocycles. The smallest absolute Gasteiger partial charge is 0.249 e. The van der Waals surface area contributed by atoms with Gasteiger partial charge in [-0.15, -0.1) is 0 Å². The van der Waals surface area contributed by atoms with Crippen LogP contribution in [-0.2, 0) is 4.79 Å². The lowest BCUT2D eigenvalue weighted by molar-refractivity contribution is -0.119. The molecule has 0 unspecified atom stereocenters. The van der Waals surface area contributed by atoms with Crippen molar-refractivity contribution in [2.24, 2.45) is 11.1 Å². The van der Waals surface area contributed by atoms with Crippen LogP contribution in [-0.4, -0.2) is 17.7 Å². The van der Waals surface area contributed by atoms with Gasteiger partial charge in [-0.3, -0.25) is 10.2 Å². The Kier molecular flexibility index (Phi) is 4.76. The number of carbonyl (C=O) groups excluding carboxylic acids is 1. The number of hydrogen-bond donors (Lipinski definition) is 4. The number of fused-ring (bicyclic) bond motifs is 1. The second kappa shape index (κ2) is 6.89. The first-order valence-electron chi connectivity index (χ1n) is 8.74. The van der Waals surface area contributed by atoms with Crippen LogP contribution in [0.25, 0.3) is 11.0 Å². The van der Waals surface area contributed by atoms with Gasteiger partial charge in [0.05, 0.1) is 11.6 Å². The van der Waals surface area contributed by atoms with Gasteiger partial charge in [-0.1, -0.05) is 39.0 Å². The van der Waals surface area contributed by atoms with E-state index in [0.717, 1.165) is 11.0 Å². The van der Waals surface area contributed by atoms with Crippen molar-refractivity contribution in [3.63, 3.8) is 0 Å². The molecule has 1 atom stereocenters. The molecule has 3 rings (SSSR count). The van der Waals surface area contributed by atoms with Crippen LogP contribution in [0.5, 0.6) is 0 Å². The molecular weight excluding hydrogens is 340 g/mol. The van der Waals surface area contributed by atoms with Gasteiger partial charge in [0.25, 0.3) is 0 Å². The molecule has 0 bridgehead atoms. The summed E-state index contributed by atoms with van der Waals surface area (Å²) in [6, 6.07) is 14.0. The van der Waals surface area contributed by atoms with Crippen LogP contribution in [0.2, 0.25) is 0 Å². The van der Waals surface area contributed by atoms with E-state index in [1.807, 2.05) is 51.1 Å². The third kappa shape index (κ3) is 3.85. The van der Waals surface area contributed by atoms with E-state index in [1.54, 1.807) is 18.2 Å². The minimum atomic E-state index is -0.643. The first-order valence-corrected chi connectivity index (χ1v) is 8.74. The Labute approximate surface area is 158 Å². The standard InChI is InChI=1S/C21H24N4O2/c1-21(2,3)19(24)20(26)25-13-8-9-15(22)14(11-13)18(23)17-10-12-6-4-5-7-16(12)27-17/h4-11,19,23H,22,24H2,1-3H3,(H,25,26)/p+1/t19-/m0/s1. The molecule has 1 heterocycles. The maximum Gasteiger partial charge on any atom is 0.249 e. The largest absolute Gasteiger partial charge is 0.450 e. The number of para-hydroxylation sites is 1. The molecule has 0 spiro atoms. The number of furan rings is 1. The minimum absolute atomic E-state index is 0.263. The highest BCUT2D eigenvalue weighted by molar-refractivity contribution is 6.12. The average molecular weight is 365 g/mol. The predicted octanol–water partition coefficient (Wildman–Crippen LogP) is 1.92. The zero-order valence-electron chi connectivity index (χ0n) is 15.7. The molecular formula is C21H25N4O2+. The first kappa shape index (κ1) is 18.7. The number of nitrogens with one attached hydrogen (secondary N) is 1. The van der Waals surface area contributed by atoms with E-state index in [4.69, 9.17) is 21.3 Å². The Bertz CT molecular complexity index is 981. The number of carbonyl (C=O) groups is 1. The molecule has 0 fully saturated rings. The van der Waals surface area contributed by atoms with Crippen LogP contribution in [0.1, 0.15) is 32.1 Å². The number of amides is 1. The van der Waals surface area contributed by atoms with E-state index < -0.39 is 6.04 Å². The third-order valence-corrected chi connectivity index (χ3v) is 4.52.